The summed E-state index contributed by atoms with van der Waals surface area (Å²) in [5.41, 5.74) is 1.76. The second-order valence-electron chi connectivity index (χ2n) is 9.68. The van der Waals surface area contributed by atoms with Crippen molar-refractivity contribution in [2.45, 2.75) is 59.2 Å². The van der Waals surface area contributed by atoms with Crippen LogP contribution in [-0.4, -0.2) is 57.8 Å². The van der Waals surface area contributed by atoms with Crippen LogP contribution in [-0.2, 0) is 14.3 Å². The van der Waals surface area contributed by atoms with E-state index in [9.17, 15) is 29.9 Å². The molecule has 2 unspecified atom stereocenters. The number of aryl methyl sites for hydroxylation is 3. The minimum absolute atomic E-state index is 0.0845. The molecule has 37 heavy (non-hydrogen) atoms. The zero-order chi connectivity index (χ0) is 27.9. The van der Waals surface area contributed by atoms with Crippen molar-refractivity contribution in [3.05, 3.63) is 58.7 Å². The van der Waals surface area contributed by atoms with Crippen molar-refractivity contribution in [2.75, 3.05) is 18.5 Å². The molecule has 0 aliphatic carbocycles. The number of ether oxygens (including phenoxy) is 1. The van der Waals surface area contributed by atoms with Crippen LogP contribution < -0.4 is 10.6 Å². The monoisotopic (exact) mass is 510 g/mol. The molecule has 198 valence electrons. The Bertz CT molecular complexity index is 1180. The quantitative estimate of drug-likeness (QED) is 0.398. The summed E-state index contributed by atoms with van der Waals surface area (Å²) in [6.45, 7) is 8.79. The number of nitrogens with zero attached hydrogens (tertiary/aromatic N) is 2. The maximum atomic E-state index is 13.7. The lowest BCUT2D eigenvalue weighted by Crippen LogP contribution is -2.54. The number of para-hydroxylation sites is 2. The number of benzene rings is 2. The van der Waals surface area contributed by atoms with Crippen LogP contribution in [0.25, 0.3) is 0 Å². The van der Waals surface area contributed by atoms with Crippen molar-refractivity contribution >= 4 is 23.6 Å². The van der Waals surface area contributed by atoms with E-state index in [0.29, 0.717) is 11.3 Å². The van der Waals surface area contributed by atoms with Gasteiger partial charge in [0.15, 0.2) is 0 Å². The number of nitrogens with one attached hydrogen (secondary N) is 2. The second kappa shape index (κ2) is 12.2. The van der Waals surface area contributed by atoms with E-state index in [-0.39, 0.29) is 11.3 Å². The highest BCUT2D eigenvalue weighted by Gasteiger charge is 2.37. The van der Waals surface area contributed by atoms with Gasteiger partial charge in [0.05, 0.1) is 12.7 Å². The van der Waals surface area contributed by atoms with Crippen LogP contribution in [0.5, 0.6) is 5.75 Å². The summed E-state index contributed by atoms with van der Waals surface area (Å²) in [5.74, 6) is -1.81. The maximum absolute atomic E-state index is 13.7. The third-order valence-electron chi connectivity index (χ3n) is 5.55. The first-order chi connectivity index (χ1) is 17.3. The lowest BCUT2D eigenvalue weighted by Gasteiger charge is -2.33. The molecule has 2 aromatic carbocycles. The Kier molecular flexibility index (Phi) is 9.63. The second-order valence-corrected chi connectivity index (χ2v) is 9.68. The number of aliphatic hydroxyl groups excluding tert-OH is 1. The van der Waals surface area contributed by atoms with Gasteiger partial charge in [-0.3, -0.25) is 9.59 Å². The number of nitriles is 1. The Labute approximate surface area is 216 Å². The average molecular weight is 511 g/mol. The summed E-state index contributed by atoms with van der Waals surface area (Å²) in [7, 11) is 0. The molecule has 3 amide bonds. The first-order valence-corrected chi connectivity index (χ1v) is 11.7. The summed E-state index contributed by atoms with van der Waals surface area (Å²) in [6.07, 6.45) is -0.952. The normalized spacial score (nSPS) is 12.6. The lowest BCUT2D eigenvalue weighted by atomic mass is 9.98. The van der Waals surface area contributed by atoms with Gasteiger partial charge in [0.25, 0.3) is 5.91 Å². The van der Waals surface area contributed by atoms with Crippen molar-refractivity contribution in [1.29, 1.82) is 5.26 Å². The Morgan fingerprint density at radius 3 is 2.16 bits per heavy atom. The van der Waals surface area contributed by atoms with Crippen LogP contribution in [0.15, 0.2) is 36.4 Å². The summed E-state index contributed by atoms with van der Waals surface area (Å²) in [5, 5.41) is 35.4. The van der Waals surface area contributed by atoms with Gasteiger partial charge in [-0.2, -0.15) is 5.26 Å². The highest BCUT2D eigenvalue weighted by Crippen LogP contribution is 2.33. The number of aliphatic hydroxyl groups is 1. The van der Waals surface area contributed by atoms with E-state index in [1.54, 1.807) is 39.8 Å². The standard InChI is InChI=1S/C27H34N4O6/c1-16-9-7-10-17(2)21(16)30-24(34)22(19-12-8-11-18(3)23(19)33)31(14-13-28)25(35)20(15-32)29-26(36)37-27(4,5)6/h7-12,20,22,32-33H,14-15H2,1-6H3,(H,29,36)(H,30,34). The van der Waals surface area contributed by atoms with Gasteiger partial charge in [-0.25, -0.2) is 4.79 Å². The SMILES string of the molecule is Cc1cccc(C(C(=O)Nc2c(C)cccc2C)N(CC#N)C(=O)C(CO)NC(=O)OC(C)(C)C)c1O. The predicted octanol–water partition coefficient (Wildman–Crippen LogP) is 3.24. The van der Waals surface area contributed by atoms with Gasteiger partial charge in [0.1, 0.15) is 30.0 Å². The zero-order valence-corrected chi connectivity index (χ0v) is 22.0. The third-order valence-corrected chi connectivity index (χ3v) is 5.55. The number of hydrogen-bond donors (Lipinski definition) is 4. The zero-order valence-electron chi connectivity index (χ0n) is 22.0. The van der Waals surface area contributed by atoms with Crippen molar-refractivity contribution in [3.63, 3.8) is 0 Å². The van der Waals surface area contributed by atoms with Crippen LogP contribution >= 0.6 is 0 Å². The molecule has 0 heterocycles. The Hall–Kier alpha value is -4.10. The number of phenolic OH excluding ortho intramolecular Hbond substituents is 1. The van der Waals surface area contributed by atoms with Gasteiger partial charge in [0, 0.05) is 11.3 Å². The van der Waals surface area contributed by atoms with Crippen LogP contribution in [0.2, 0.25) is 0 Å². The molecule has 0 saturated carbocycles. The van der Waals surface area contributed by atoms with Gasteiger partial charge in [0.2, 0.25) is 5.91 Å². The van der Waals surface area contributed by atoms with Gasteiger partial charge in [-0.15, -0.1) is 0 Å². The van der Waals surface area contributed by atoms with Crippen LogP contribution in [0.4, 0.5) is 10.5 Å². The molecule has 0 aliphatic heterocycles. The fraction of sp³-hybridized carbons (Fsp3) is 0.407. The Morgan fingerprint density at radius 1 is 1.05 bits per heavy atom. The van der Waals surface area contributed by atoms with Crippen molar-refractivity contribution < 1.29 is 29.3 Å². The molecule has 0 aliphatic rings. The molecular weight excluding hydrogens is 476 g/mol. The Morgan fingerprint density at radius 2 is 1.62 bits per heavy atom. The predicted molar refractivity (Wildman–Crippen MR) is 138 cm³/mol. The van der Waals surface area contributed by atoms with Crippen LogP contribution in [0.1, 0.15) is 49.1 Å². The molecular formula is C27H34N4O6. The fourth-order valence-corrected chi connectivity index (χ4v) is 3.76. The van der Waals surface area contributed by atoms with Gasteiger partial charge in [-0.1, -0.05) is 36.4 Å². The molecule has 0 saturated heterocycles. The molecule has 0 bridgehead atoms. The molecule has 2 rings (SSSR count). The largest absolute Gasteiger partial charge is 0.507 e. The van der Waals surface area contributed by atoms with Crippen molar-refractivity contribution in [3.8, 4) is 11.8 Å². The van der Waals surface area contributed by atoms with Gasteiger partial charge >= 0.3 is 6.09 Å². The molecule has 0 aromatic heterocycles. The van der Waals surface area contributed by atoms with Gasteiger partial charge < -0.3 is 30.5 Å². The summed E-state index contributed by atoms with van der Waals surface area (Å²) in [6, 6.07) is 9.08. The van der Waals surface area contributed by atoms with E-state index in [1.165, 1.54) is 6.07 Å². The first-order valence-electron chi connectivity index (χ1n) is 11.7. The van der Waals surface area contributed by atoms with E-state index in [2.05, 4.69) is 10.6 Å². The number of anilines is 1. The van der Waals surface area contributed by atoms with Crippen molar-refractivity contribution in [1.82, 2.24) is 10.2 Å². The van der Waals surface area contributed by atoms with Gasteiger partial charge in [-0.05, 0) is 58.2 Å². The average Bonchev–Trinajstić information content (AvgIpc) is 2.80. The number of aromatic hydroxyl groups is 1. The highest BCUT2D eigenvalue weighted by molar-refractivity contribution is 6.00. The fourth-order valence-electron chi connectivity index (χ4n) is 3.76. The van der Waals surface area contributed by atoms with E-state index in [4.69, 9.17) is 4.74 Å². The summed E-state index contributed by atoms with van der Waals surface area (Å²) >= 11 is 0. The first kappa shape index (κ1) is 29.1. The molecule has 2 aromatic rings. The van der Waals surface area contributed by atoms with Crippen molar-refractivity contribution in [2.24, 2.45) is 0 Å². The summed E-state index contributed by atoms with van der Waals surface area (Å²) < 4.78 is 5.18. The molecule has 10 heteroatoms. The van der Waals surface area contributed by atoms with E-state index in [1.807, 2.05) is 38.1 Å². The highest BCUT2D eigenvalue weighted by atomic mass is 16.6. The smallest absolute Gasteiger partial charge is 0.408 e. The number of carbonyl (C=O) groups excluding carboxylic acids is 3. The lowest BCUT2D eigenvalue weighted by molar-refractivity contribution is -0.140. The van der Waals surface area contributed by atoms with E-state index < -0.39 is 48.7 Å². The number of amides is 3. The molecule has 2 atom stereocenters. The molecule has 0 radical (unpaired) electrons. The summed E-state index contributed by atoms with van der Waals surface area (Å²) in [4.78, 5) is 40.5. The van der Waals surface area contributed by atoms with Crippen LogP contribution in [0.3, 0.4) is 0 Å². The number of carbonyl (C=O) groups is 3. The molecule has 10 nitrogen and oxygen atoms in total. The number of rotatable bonds is 8. The number of hydrogen-bond acceptors (Lipinski definition) is 7. The Balaban J connectivity index is 2.56. The topological polar surface area (TPSA) is 152 Å². The minimum Gasteiger partial charge on any atom is -0.507 e. The molecule has 4 N–H and O–H groups in total. The third kappa shape index (κ3) is 7.44. The van der Waals surface area contributed by atoms with E-state index >= 15 is 0 Å². The van der Waals surface area contributed by atoms with E-state index in [0.717, 1.165) is 16.0 Å². The maximum Gasteiger partial charge on any atom is 0.408 e. The molecule has 0 fully saturated rings. The van der Waals surface area contributed by atoms with Crippen LogP contribution in [0, 0.1) is 32.1 Å². The number of phenols is 1. The molecule has 0 spiro atoms. The minimum atomic E-state index is -1.51. The number of alkyl carbamates (subject to hydrolysis) is 1.